The fourth-order valence-corrected chi connectivity index (χ4v) is 3.20. The minimum Gasteiger partial charge on any atom is -0.301 e. The highest BCUT2D eigenvalue weighted by Crippen LogP contribution is 2.23. The van der Waals surface area contributed by atoms with Crippen molar-refractivity contribution in [2.45, 2.75) is 26.3 Å². The van der Waals surface area contributed by atoms with Gasteiger partial charge in [0.15, 0.2) is 0 Å². The molecule has 2 aromatic heterocycles. The molecular weight excluding hydrogens is 310 g/mol. The number of aromatic nitrogens is 3. The van der Waals surface area contributed by atoms with Gasteiger partial charge in [-0.05, 0) is 46.1 Å². The van der Waals surface area contributed by atoms with Crippen LogP contribution in [0.4, 0.5) is 0 Å². The second kappa shape index (κ2) is 5.29. The number of thiophene rings is 1. The van der Waals surface area contributed by atoms with E-state index in [1.165, 1.54) is 4.88 Å². The number of hydrogen-bond acceptors (Lipinski definition) is 3. The SMILES string of the molecule is CCc1nnc(Cl)n1CCc1ccc(Br)s1. The van der Waals surface area contributed by atoms with Crippen LogP contribution in [0.15, 0.2) is 15.9 Å². The summed E-state index contributed by atoms with van der Waals surface area (Å²) < 4.78 is 3.13. The van der Waals surface area contributed by atoms with Crippen molar-refractivity contribution in [3.8, 4) is 0 Å². The second-order valence-corrected chi connectivity index (χ2v) is 6.23. The lowest BCUT2D eigenvalue weighted by Crippen LogP contribution is -2.05. The maximum Gasteiger partial charge on any atom is 0.225 e. The van der Waals surface area contributed by atoms with Gasteiger partial charge in [-0.15, -0.1) is 21.5 Å². The van der Waals surface area contributed by atoms with Crippen LogP contribution in [0.2, 0.25) is 5.28 Å². The molecule has 0 fully saturated rings. The lowest BCUT2D eigenvalue weighted by atomic mass is 10.3. The molecule has 86 valence electrons. The summed E-state index contributed by atoms with van der Waals surface area (Å²) in [6.45, 7) is 2.89. The fourth-order valence-electron chi connectivity index (χ4n) is 1.50. The second-order valence-electron chi connectivity index (χ2n) is 3.35. The summed E-state index contributed by atoms with van der Waals surface area (Å²) in [5, 5.41) is 8.38. The van der Waals surface area contributed by atoms with E-state index in [2.05, 4.69) is 45.2 Å². The molecule has 0 radical (unpaired) electrons. The van der Waals surface area contributed by atoms with Crippen LogP contribution >= 0.6 is 38.9 Å². The average Bonchev–Trinajstić information content (AvgIpc) is 2.82. The summed E-state index contributed by atoms with van der Waals surface area (Å²) in [4.78, 5) is 1.33. The summed E-state index contributed by atoms with van der Waals surface area (Å²) in [6, 6.07) is 4.19. The first-order chi connectivity index (χ1) is 7.70. The lowest BCUT2D eigenvalue weighted by Gasteiger charge is -2.04. The van der Waals surface area contributed by atoms with Crippen molar-refractivity contribution in [2.75, 3.05) is 0 Å². The van der Waals surface area contributed by atoms with E-state index in [0.717, 1.165) is 29.0 Å². The van der Waals surface area contributed by atoms with Crippen LogP contribution in [0.1, 0.15) is 17.6 Å². The maximum absolute atomic E-state index is 5.98. The zero-order chi connectivity index (χ0) is 11.5. The molecule has 0 saturated heterocycles. The van der Waals surface area contributed by atoms with Gasteiger partial charge in [-0.2, -0.15) is 0 Å². The minimum atomic E-state index is 0.479. The van der Waals surface area contributed by atoms with Gasteiger partial charge in [-0.1, -0.05) is 6.92 Å². The molecule has 0 aliphatic carbocycles. The van der Waals surface area contributed by atoms with Crippen molar-refractivity contribution in [3.63, 3.8) is 0 Å². The third-order valence-electron chi connectivity index (χ3n) is 2.31. The van der Waals surface area contributed by atoms with E-state index in [1.807, 2.05) is 4.57 Å². The van der Waals surface area contributed by atoms with Crippen LogP contribution in [-0.2, 0) is 19.4 Å². The number of halogens is 2. The third-order valence-corrected chi connectivity index (χ3v) is 4.27. The van der Waals surface area contributed by atoms with Crippen LogP contribution in [0.25, 0.3) is 0 Å². The number of aryl methyl sites for hydroxylation is 2. The van der Waals surface area contributed by atoms with E-state index in [0.29, 0.717) is 5.28 Å². The van der Waals surface area contributed by atoms with Crippen molar-refractivity contribution < 1.29 is 0 Å². The van der Waals surface area contributed by atoms with Gasteiger partial charge in [0, 0.05) is 17.8 Å². The van der Waals surface area contributed by atoms with Crippen molar-refractivity contribution in [1.82, 2.24) is 14.8 Å². The van der Waals surface area contributed by atoms with E-state index in [4.69, 9.17) is 11.6 Å². The normalized spacial score (nSPS) is 10.9. The molecule has 0 spiro atoms. The van der Waals surface area contributed by atoms with Gasteiger partial charge in [-0.25, -0.2) is 0 Å². The van der Waals surface area contributed by atoms with Crippen LogP contribution in [0, 0.1) is 0 Å². The maximum atomic E-state index is 5.98. The van der Waals surface area contributed by atoms with Crippen molar-refractivity contribution >= 4 is 38.9 Å². The molecule has 16 heavy (non-hydrogen) atoms. The third kappa shape index (κ3) is 2.64. The Kier molecular flexibility index (Phi) is 4.00. The molecule has 0 aromatic carbocycles. The summed E-state index contributed by atoms with van der Waals surface area (Å²) in [6.07, 6.45) is 1.81. The summed E-state index contributed by atoms with van der Waals surface area (Å²) in [5.74, 6) is 0.945. The summed E-state index contributed by atoms with van der Waals surface area (Å²) in [7, 11) is 0. The molecule has 0 aliphatic rings. The van der Waals surface area contributed by atoms with E-state index in [1.54, 1.807) is 11.3 Å². The van der Waals surface area contributed by atoms with E-state index in [9.17, 15) is 0 Å². The van der Waals surface area contributed by atoms with Crippen LogP contribution < -0.4 is 0 Å². The molecule has 0 amide bonds. The Morgan fingerprint density at radius 3 is 2.88 bits per heavy atom. The molecule has 0 N–H and O–H groups in total. The molecule has 0 atom stereocenters. The van der Waals surface area contributed by atoms with E-state index < -0.39 is 0 Å². The Morgan fingerprint density at radius 1 is 1.44 bits per heavy atom. The monoisotopic (exact) mass is 319 g/mol. The van der Waals surface area contributed by atoms with Crippen molar-refractivity contribution in [2.24, 2.45) is 0 Å². The highest BCUT2D eigenvalue weighted by atomic mass is 79.9. The average molecular weight is 321 g/mol. The Bertz CT molecular complexity index is 480. The van der Waals surface area contributed by atoms with Gasteiger partial charge < -0.3 is 4.57 Å². The summed E-state index contributed by atoms with van der Waals surface area (Å²) >= 11 is 11.2. The van der Waals surface area contributed by atoms with Gasteiger partial charge in [0.2, 0.25) is 5.28 Å². The van der Waals surface area contributed by atoms with Crippen molar-refractivity contribution in [1.29, 1.82) is 0 Å². The van der Waals surface area contributed by atoms with Crippen LogP contribution in [0.5, 0.6) is 0 Å². The standard InChI is InChI=1S/C10H11BrClN3S/c1-2-9-13-14-10(12)15(9)6-5-7-3-4-8(11)16-7/h3-4H,2,5-6H2,1H3. The molecule has 0 aliphatic heterocycles. The molecule has 2 aromatic rings. The van der Waals surface area contributed by atoms with Gasteiger partial charge >= 0.3 is 0 Å². The molecule has 3 nitrogen and oxygen atoms in total. The van der Waals surface area contributed by atoms with Gasteiger partial charge in [0.25, 0.3) is 0 Å². The first-order valence-corrected chi connectivity index (χ1v) is 7.01. The number of nitrogens with zero attached hydrogens (tertiary/aromatic N) is 3. The molecule has 6 heteroatoms. The molecule has 0 unspecified atom stereocenters. The predicted molar refractivity (Wildman–Crippen MR) is 70.1 cm³/mol. The topological polar surface area (TPSA) is 30.7 Å². The first kappa shape index (κ1) is 12.1. The zero-order valence-electron chi connectivity index (χ0n) is 8.78. The zero-order valence-corrected chi connectivity index (χ0v) is 11.9. The molecule has 2 rings (SSSR count). The molecule has 0 saturated carbocycles. The van der Waals surface area contributed by atoms with Crippen LogP contribution in [-0.4, -0.2) is 14.8 Å². The molecular formula is C10H11BrClN3S. The number of hydrogen-bond donors (Lipinski definition) is 0. The first-order valence-electron chi connectivity index (χ1n) is 5.02. The highest BCUT2D eigenvalue weighted by molar-refractivity contribution is 9.11. The van der Waals surface area contributed by atoms with Crippen molar-refractivity contribution in [3.05, 3.63) is 31.9 Å². The Balaban J connectivity index is 2.06. The lowest BCUT2D eigenvalue weighted by molar-refractivity contribution is 0.661. The number of rotatable bonds is 4. The Morgan fingerprint density at radius 2 is 2.25 bits per heavy atom. The Labute approximate surface area is 112 Å². The molecule has 0 bridgehead atoms. The van der Waals surface area contributed by atoms with Gasteiger partial charge in [-0.3, -0.25) is 0 Å². The summed E-state index contributed by atoms with van der Waals surface area (Å²) in [5.41, 5.74) is 0. The van der Waals surface area contributed by atoms with E-state index >= 15 is 0 Å². The minimum absolute atomic E-state index is 0.479. The molecule has 2 heterocycles. The van der Waals surface area contributed by atoms with Gasteiger partial charge in [0.05, 0.1) is 3.79 Å². The quantitative estimate of drug-likeness (QED) is 0.862. The van der Waals surface area contributed by atoms with Gasteiger partial charge in [0.1, 0.15) is 5.82 Å². The predicted octanol–water partition coefficient (Wildman–Crippen LogP) is 3.56. The largest absolute Gasteiger partial charge is 0.301 e. The van der Waals surface area contributed by atoms with Crippen LogP contribution in [0.3, 0.4) is 0 Å². The smallest absolute Gasteiger partial charge is 0.225 e. The Hall–Kier alpha value is -0.390. The van der Waals surface area contributed by atoms with E-state index in [-0.39, 0.29) is 0 Å². The highest BCUT2D eigenvalue weighted by Gasteiger charge is 2.08. The fraction of sp³-hybridized carbons (Fsp3) is 0.400.